The molecule has 0 amide bonds. The third-order valence-corrected chi connectivity index (χ3v) is 5.64. The monoisotopic (exact) mass is 461 g/mol. The molecule has 0 bridgehead atoms. The number of fused-ring (bicyclic) bond motifs is 1. The Kier molecular flexibility index (Phi) is 4.07. The molecular formula is C17H9Br2N3OS. The third-order valence-electron chi connectivity index (χ3n) is 3.46. The van der Waals surface area contributed by atoms with Gasteiger partial charge in [-0.25, -0.2) is 0 Å². The van der Waals surface area contributed by atoms with Crippen molar-refractivity contribution in [1.29, 1.82) is 0 Å². The van der Waals surface area contributed by atoms with E-state index in [9.17, 15) is 4.79 Å². The predicted octanol–water partition coefficient (Wildman–Crippen LogP) is 3.89. The number of hydrogen-bond acceptors (Lipinski definition) is 4. The Hall–Kier alpha value is -1.83. The molecular weight excluding hydrogens is 454 g/mol. The zero-order valence-corrected chi connectivity index (χ0v) is 16.1. The van der Waals surface area contributed by atoms with Crippen LogP contribution in [0.1, 0.15) is 5.56 Å². The molecule has 0 N–H and O–H groups in total. The molecule has 4 nitrogen and oxygen atoms in total. The first kappa shape index (κ1) is 15.7. The number of nitrogens with zero attached hydrogens (tertiary/aromatic N) is 3. The lowest BCUT2D eigenvalue weighted by Gasteiger charge is -1.97. The molecule has 0 aliphatic carbocycles. The van der Waals surface area contributed by atoms with Gasteiger partial charge in [0.2, 0.25) is 4.96 Å². The van der Waals surface area contributed by atoms with Gasteiger partial charge in [-0.1, -0.05) is 67.5 Å². The minimum absolute atomic E-state index is 0.149. The Morgan fingerprint density at radius 2 is 1.79 bits per heavy atom. The summed E-state index contributed by atoms with van der Waals surface area (Å²) in [7, 11) is 0. The molecule has 0 aliphatic heterocycles. The summed E-state index contributed by atoms with van der Waals surface area (Å²) in [5.74, 6) is 0.543. The molecule has 2 aromatic heterocycles. The quantitative estimate of drug-likeness (QED) is 0.454. The smallest absolute Gasteiger partial charge is 0.266 e. The first-order chi connectivity index (χ1) is 11.6. The van der Waals surface area contributed by atoms with Gasteiger partial charge in [-0.15, -0.1) is 5.10 Å². The van der Waals surface area contributed by atoms with Crippen molar-refractivity contribution in [2.75, 3.05) is 0 Å². The summed E-state index contributed by atoms with van der Waals surface area (Å²) < 4.78 is 3.88. The maximum absolute atomic E-state index is 12.5. The lowest BCUT2D eigenvalue weighted by molar-refractivity contribution is 0.936. The van der Waals surface area contributed by atoms with Crippen molar-refractivity contribution in [2.45, 2.75) is 0 Å². The molecule has 4 aromatic rings. The number of rotatable bonds is 2. The minimum Gasteiger partial charge on any atom is -0.266 e. The molecule has 0 saturated heterocycles. The molecule has 4 rings (SSSR count). The van der Waals surface area contributed by atoms with Crippen LogP contribution in [0.15, 0.2) is 62.3 Å². The average molecular weight is 463 g/mol. The van der Waals surface area contributed by atoms with Crippen molar-refractivity contribution in [3.63, 3.8) is 0 Å². The molecule has 0 spiro atoms. The highest BCUT2D eigenvalue weighted by atomic mass is 79.9. The van der Waals surface area contributed by atoms with E-state index in [-0.39, 0.29) is 5.56 Å². The highest BCUT2D eigenvalue weighted by molar-refractivity contribution is 9.10. The Balaban J connectivity index is 1.83. The fourth-order valence-electron chi connectivity index (χ4n) is 2.30. The maximum Gasteiger partial charge on any atom is 0.291 e. The molecule has 118 valence electrons. The Labute approximate surface area is 157 Å². The van der Waals surface area contributed by atoms with Crippen molar-refractivity contribution < 1.29 is 0 Å². The van der Waals surface area contributed by atoms with Gasteiger partial charge in [0, 0.05) is 14.5 Å². The second-order valence-corrected chi connectivity index (χ2v) is 7.86. The van der Waals surface area contributed by atoms with Crippen molar-refractivity contribution in [3.05, 3.63) is 77.9 Å². The Morgan fingerprint density at radius 1 is 1.04 bits per heavy atom. The van der Waals surface area contributed by atoms with Crippen LogP contribution in [-0.4, -0.2) is 14.6 Å². The van der Waals surface area contributed by atoms with Crippen LogP contribution in [0.3, 0.4) is 0 Å². The van der Waals surface area contributed by atoms with Gasteiger partial charge in [-0.05, 0) is 35.9 Å². The predicted molar refractivity (Wildman–Crippen MR) is 103 cm³/mol. The minimum atomic E-state index is -0.149. The highest BCUT2D eigenvalue weighted by Gasteiger charge is 2.13. The molecule has 0 fully saturated rings. The second-order valence-electron chi connectivity index (χ2n) is 5.08. The molecule has 0 radical (unpaired) electrons. The SMILES string of the molecule is O=c1c(=Cc2ccc(Br)cc2)sc2nc(-c3ccccc3Br)nn12. The standard InChI is InChI=1S/C17H9Br2N3OS/c18-11-7-5-10(6-8-11)9-14-16(23)22-17(24-14)20-15(21-22)12-3-1-2-4-13(12)19/h1-9H. The largest absolute Gasteiger partial charge is 0.291 e. The summed E-state index contributed by atoms with van der Waals surface area (Å²) in [5.41, 5.74) is 1.68. The van der Waals surface area contributed by atoms with E-state index in [0.717, 1.165) is 20.1 Å². The summed E-state index contributed by atoms with van der Waals surface area (Å²) >= 11 is 8.23. The number of aromatic nitrogens is 3. The summed E-state index contributed by atoms with van der Waals surface area (Å²) in [6, 6.07) is 15.5. The van der Waals surface area contributed by atoms with Gasteiger partial charge < -0.3 is 0 Å². The normalized spacial score (nSPS) is 12.2. The third kappa shape index (κ3) is 2.83. The van der Waals surface area contributed by atoms with Gasteiger partial charge in [-0.2, -0.15) is 9.50 Å². The van der Waals surface area contributed by atoms with E-state index in [1.54, 1.807) is 0 Å². The topological polar surface area (TPSA) is 47.3 Å². The fourth-order valence-corrected chi connectivity index (χ4v) is 3.93. The van der Waals surface area contributed by atoms with Crippen molar-refractivity contribution >= 4 is 54.2 Å². The first-order valence-corrected chi connectivity index (χ1v) is 9.44. The molecule has 0 unspecified atom stereocenters. The molecule has 2 heterocycles. The van der Waals surface area contributed by atoms with Crippen molar-refractivity contribution in [1.82, 2.24) is 14.6 Å². The summed E-state index contributed by atoms with van der Waals surface area (Å²) in [6.07, 6.45) is 1.86. The van der Waals surface area contributed by atoms with Crippen LogP contribution in [0.25, 0.3) is 22.4 Å². The van der Waals surface area contributed by atoms with Crippen LogP contribution in [0.2, 0.25) is 0 Å². The molecule has 0 saturated carbocycles. The summed E-state index contributed by atoms with van der Waals surface area (Å²) in [6.45, 7) is 0. The van der Waals surface area contributed by atoms with E-state index in [0.29, 0.717) is 15.3 Å². The lowest BCUT2D eigenvalue weighted by Crippen LogP contribution is -2.23. The van der Waals surface area contributed by atoms with Crippen LogP contribution in [0.4, 0.5) is 0 Å². The molecule has 7 heteroatoms. The second kappa shape index (κ2) is 6.23. The van der Waals surface area contributed by atoms with Gasteiger partial charge in [-0.3, -0.25) is 4.79 Å². The van der Waals surface area contributed by atoms with E-state index < -0.39 is 0 Å². The van der Waals surface area contributed by atoms with E-state index >= 15 is 0 Å². The van der Waals surface area contributed by atoms with E-state index in [1.165, 1.54) is 15.9 Å². The zero-order chi connectivity index (χ0) is 16.7. The number of halogens is 2. The van der Waals surface area contributed by atoms with Gasteiger partial charge in [0.25, 0.3) is 5.56 Å². The number of hydrogen-bond donors (Lipinski definition) is 0. The first-order valence-electron chi connectivity index (χ1n) is 7.03. The summed E-state index contributed by atoms with van der Waals surface area (Å²) in [4.78, 5) is 17.6. The Morgan fingerprint density at radius 3 is 2.50 bits per heavy atom. The van der Waals surface area contributed by atoms with Crippen LogP contribution in [0, 0.1) is 0 Å². The maximum atomic E-state index is 12.5. The molecule has 24 heavy (non-hydrogen) atoms. The average Bonchev–Trinajstić information content (AvgIpc) is 3.10. The van der Waals surface area contributed by atoms with E-state index in [4.69, 9.17) is 0 Å². The fraction of sp³-hybridized carbons (Fsp3) is 0. The molecule has 0 atom stereocenters. The van der Waals surface area contributed by atoms with Gasteiger partial charge >= 0.3 is 0 Å². The van der Waals surface area contributed by atoms with Gasteiger partial charge in [0.15, 0.2) is 5.82 Å². The van der Waals surface area contributed by atoms with Crippen LogP contribution in [-0.2, 0) is 0 Å². The Bertz CT molecular complexity index is 1150. The molecule has 2 aromatic carbocycles. The van der Waals surface area contributed by atoms with Crippen LogP contribution < -0.4 is 10.1 Å². The highest BCUT2D eigenvalue weighted by Crippen LogP contribution is 2.25. The number of thiazole rings is 1. The van der Waals surface area contributed by atoms with Crippen molar-refractivity contribution in [2.24, 2.45) is 0 Å². The van der Waals surface area contributed by atoms with E-state index in [2.05, 4.69) is 41.9 Å². The van der Waals surface area contributed by atoms with Crippen LogP contribution >= 0.6 is 43.2 Å². The van der Waals surface area contributed by atoms with E-state index in [1.807, 2.05) is 54.6 Å². The van der Waals surface area contributed by atoms with Crippen molar-refractivity contribution in [3.8, 4) is 11.4 Å². The molecule has 0 aliphatic rings. The number of benzene rings is 2. The summed E-state index contributed by atoms with van der Waals surface area (Å²) in [5, 5.41) is 4.37. The van der Waals surface area contributed by atoms with Crippen LogP contribution in [0.5, 0.6) is 0 Å². The van der Waals surface area contributed by atoms with Gasteiger partial charge in [0.05, 0.1) is 4.53 Å². The zero-order valence-electron chi connectivity index (χ0n) is 12.1. The van der Waals surface area contributed by atoms with Gasteiger partial charge in [0.1, 0.15) is 0 Å². The lowest BCUT2D eigenvalue weighted by atomic mass is 10.2.